The molecule has 2 aromatic heterocycles. The summed E-state index contributed by atoms with van der Waals surface area (Å²) in [5, 5.41) is 8.34. The molecule has 0 bridgehead atoms. The van der Waals surface area contributed by atoms with Crippen molar-refractivity contribution in [2.24, 2.45) is 0 Å². The summed E-state index contributed by atoms with van der Waals surface area (Å²) >= 11 is 0. The third-order valence-corrected chi connectivity index (χ3v) is 2.39. The standard InChI is InChI=1S/C12H14N4/c1-9-10(5-4-8-13-9)11-6-7-12(15-14-11)16(2)3/h4-8H,1-3H3. The smallest absolute Gasteiger partial charge is 0.150 e. The van der Waals surface area contributed by atoms with Crippen molar-refractivity contribution in [3.05, 3.63) is 36.2 Å². The molecule has 0 aliphatic heterocycles. The zero-order valence-corrected chi connectivity index (χ0v) is 9.68. The Hall–Kier alpha value is -1.97. The van der Waals surface area contributed by atoms with Gasteiger partial charge in [-0.3, -0.25) is 4.98 Å². The monoisotopic (exact) mass is 214 g/mol. The van der Waals surface area contributed by atoms with Crippen LogP contribution in [0, 0.1) is 6.92 Å². The minimum atomic E-state index is 0.852. The van der Waals surface area contributed by atoms with E-state index in [0.29, 0.717) is 0 Å². The Bertz CT molecular complexity index is 477. The summed E-state index contributed by atoms with van der Waals surface area (Å²) in [5.41, 5.74) is 2.85. The summed E-state index contributed by atoms with van der Waals surface area (Å²) in [6, 6.07) is 7.83. The van der Waals surface area contributed by atoms with Crippen molar-refractivity contribution < 1.29 is 0 Å². The van der Waals surface area contributed by atoms with Crippen LogP contribution in [-0.2, 0) is 0 Å². The number of hydrogen-bond donors (Lipinski definition) is 0. The fourth-order valence-corrected chi connectivity index (χ4v) is 1.46. The SMILES string of the molecule is Cc1ncccc1-c1ccc(N(C)C)nn1. The minimum Gasteiger partial charge on any atom is -0.361 e. The lowest BCUT2D eigenvalue weighted by atomic mass is 10.1. The van der Waals surface area contributed by atoms with Gasteiger partial charge in [0.2, 0.25) is 0 Å². The molecular weight excluding hydrogens is 200 g/mol. The van der Waals surface area contributed by atoms with Gasteiger partial charge >= 0.3 is 0 Å². The molecule has 0 aliphatic carbocycles. The van der Waals surface area contributed by atoms with E-state index >= 15 is 0 Å². The predicted molar refractivity (Wildman–Crippen MR) is 64.3 cm³/mol. The maximum atomic E-state index is 4.23. The molecule has 2 rings (SSSR count). The summed E-state index contributed by atoms with van der Waals surface area (Å²) in [6.07, 6.45) is 1.78. The van der Waals surface area contributed by atoms with Gasteiger partial charge in [-0.05, 0) is 31.2 Å². The second-order valence-corrected chi connectivity index (χ2v) is 3.81. The molecule has 16 heavy (non-hydrogen) atoms. The molecule has 0 unspecified atom stereocenters. The van der Waals surface area contributed by atoms with E-state index in [-0.39, 0.29) is 0 Å². The van der Waals surface area contributed by atoms with Crippen LogP contribution in [0.3, 0.4) is 0 Å². The van der Waals surface area contributed by atoms with Crippen LogP contribution in [0.4, 0.5) is 5.82 Å². The lowest BCUT2D eigenvalue weighted by Gasteiger charge is -2.10. The average Bonchev–Trinajstić information content (AvgIpc) is 2.30. The molecule has 0 aromatic carbocycles. The highest BCUT2D eigenvalue weighted by molar-refractivity contribution is 5.61. The van der Waals surface area contributed by atoms with Gasteiger partial charge in [-0.15, -0.1) is 10.2 Å². The van der Waals surface area contributed by atoms with Crippen molar-refractivity contribution in [3.63, 3.8) is 0 Å². The van der Waals surface area contributed by atoms with Crippen molar-refractivity contribution in [3.8, 4) is 11.3 Å². The van der Waals surface area contributed by atoms with Crippen LogP contribution in [0.25, 0.3) is 11.3 Å². The molecule has 0 radical (unpaired) electrons. The molecule has 82 valence electrons. The van der Waals surface area contributed by atoms with Gasteiger partial charge < -0.3 is 4.90 Å². The quantitative estimate of drug-likeness (QED) is 0.765. The Morgan fingerprint density at radius 1 is 1.06 bits per heavy atom. The summed E-state index contributed by atoms with van der Waals surface area (Å²) in [6.45, 7) is 1.97. The fourth-order valence-electron chi connectivity index (χ4n) is 1.46. The van der Waals surface area contributed by atoms with Gasteiger partial charge in [0, 0.05) is 31.5 Å². The number of hydrogen-bond acceptors (Lipinski definition) is 4. The number of aromatic nitrogens is 3. The molecule has 0 fully saturated rings. The Kier molecular flexibility index (Phi) is 2.81. The van der Waals surface area contributed by atoms with Crippen molar-refractivity contribution >= 4 is 5.82 Å². The van der Waals surface area contributed by atoms with Crippen molar-refractivity contribution in [2.75, 3.05) is 19.0 Å². The van der Waals surface area contributed by atoms with Gasteiger partial charge in [-0.1, -0.05) is 0 Å². The largest absolute Gasteiger partial charge is 0.361 e. The second-order valence-electron chi connectivity index (χ2n) is 3.81. The van der Waals surface area contributed by atoms with Crippen LogP contribution in [-0.4, -0.2) is 29.3 Å². The van der Waals surface area contributed by atoms with Crippen molar-refractivity contribution in [1.82, 2.24) is 15.2 Å². The van der Waals surface area contributed by atoms with E-state index in [1.54, 1.807) is 6.20 Å². The first kappa shape index (κ1) is 10.5. The molecule has 0 amide bonds. The van der Waals surface area contributed by atoms with Crippen LogP contribution in [0.1, 0.15) is 5.69 Å². The zero-order valence-electron chi connectivity index (χ0n) is 9.68. The number of rotatable bonds is 2. The number of pyridine rings is 1. The molecule has 0 saturated heterocycles. The molecule has 2 aromatic rings. The highest BCUT2D eigenvalue weighted by Gasteiger charge is 2.04. The first-order valence-corrected chi connectivity index (χ1v) is 5.11. The van der Waals surface area contributed by atoms with Crippen LogP contribution >= 0.6 is 0 Å². The molecular formula is C12H14N4. The lowest BCUT2D eigenvalue weighted by molar-refractivity contribution is 0.966. The van der Waals surface area contributed by atoms with Gasteiger partial charge in [-0.25, -0.2) is 0 Å². The van der Waals surface area contributed by atoms with E-state index in [0.717, 1.165) is 22.8 Å². The summed E-state index contributed by atoms with van der Waals surface area (Å²) in [4.78, 5) is 6.16. The molecule has 0 spiro atoms. The molecule has 4 nitrogen and oxygen atoms in total. The maximum absolute atomic E-state index is 4.23. The van der Waals surface area contributed by atoms with E-state index < -0.39 is 0 Å². The molecule has 0 saturated carbocycles. The molecule has 0 N–H and O–H groups in total. The predicted octanol–water partition coefficient (Wildman–Crippen LogP) is 1.91. The van der Waals surface area contributed by atoms with Gasteiger partial charge in [0.15, 0.2) is 5.82 Å². The topological polar surface area (TPSA) is 41.9 Å². The molecule has 4 heteroatoms. The highest BCUT2D eigenvalue weighted by Crippen LogP contribution is 2.19. The van der Waals surface area contributed by atoms with Crippen LogP contribution in [0.5, 0.6) is 0 Å². The van der Waals surface area contributed by atoms with Crippen LogP contribution in [0.2, 0.25) is 0 Å². The zero-order chi connectivity index (χ0) is 11.5. The summed E-state index contributed by atoms with van der Waals surface area (Å²) in [5.74, 6) is 0.852. The van der Waals surface area contributed by atoms with Gasteiger partial charge in [0.25, 0.3) is 0 Å². The first-order valence-electron chi connectivity index (χ1n) is 5.11. The lowest BCUT2D eigenvalue weighted by Crippen LogP contribution is -2.11. The van der Waals surface area contributed by atoms with Crippen molar-refractivity contribution in [1.29, 1.82) is 0 Å². The molecule has 2 heterocycles. The van der Waals surface area contributed by atoms with E-state index in [1.807, 2.05) is 50.2 Å². The molecule has 0 atom stereocenters. The van der Waals surface area contributed by atoms with Crippen molar-refractivity contribution in [2.45, 2.75) is 6.92 Å². The number of anilines is 1. The van der Waals surface area contributed by atoms with Crippen LogP contribution < -0.4 is 4.90 Å². The molecule has 0 aliphatic rings. The second kappa shape index (κ2) is 4.26. The average molecular weight is 214 g/mol. The third kappa shape index (κ3) is 2.00. The van der Waals surface area contributed by atoms with E-state index in [9.17, 15) is 0 Å². The van der Waals surface area contributed by atoms with E-state index in [2.05, 4.69) is 15.2 Å². The Morgan fingerprint density at radius 3 is 2.44 bits per heavy atom. The summed E-state index contributed by atoms with van der Waals surface area (Å²) < 4.78 is 0. The Balaban J connectivity index is 2.39. The minimum absolute atomic E-state index is 0.852. The van der Waals surface area contributed by atoms with Gasteiger partial charge in [0.1, 0.15) is 0 Å². The van der Waals surface area contributed by atoms with Gasteiger partial charge in [0.05, 0.1) is 5.69 Å². The van der Waals surface area contributed by atoms with E-state index in [4.69, 9.17) is 0 Å². The van der Waals surface area contributed by atoms with Gasteiger partial charge in [-0.2, -0.15) is 0 Å². The third-order valence-electron chi connectivity index (χ3n) is 2.39. The maximum Gasteiger partial charge on any atom is 0.150 e. The van der Waals surface area contributed by atoms with E-state index in [1.165, 1.54) is 0 Å². The number of nitrogens with zero attached hydrogens (tertiary/aromatic N) is 4. The normalized spacial score (nSPS) is 10.2. The Morgan fingerprint density at radius 2 is 1.88 bits per heavy atom. The Labute approximate surface area is 95.0 Å². The van der Waals surface area contributed by atoms with Crippen LogP contribution in [0.15, 0.2) is 30.5 Å². The summed E-state index contributed by atoms with van der Waals surface area (Å²) in [7, 11) is 3.89. The first-order chi connectivity index (χ1) is 7.68. The number of aryl methyl sites for hydroxylation is 1. The fraction of sp³-hybridized carbons (Fsp3) is 0.250. The highest BCUT2D eigenvalue weighted by atomic mass is 15.2.